The smallest absolute Gasteiger partial charge is 0.436 e. The Morgan fingerprint density at radius 2 is 1.76 bits per heavy atom. The number of hydrogen-bond acceptors (Lipinski definition) is 3. The predicted octanol–water partition coefficient (Wildman–Crippen LogP) is 5.16. The predicted molar refractivity (Wildman–Crippen MR) is 86.6 cm³/mol. The monoisotopic (exact) mass is 348 g/mol. The first-order chi connectivity index (χ1) is 11.9. The van der Waals surface area contributed by atoms with Crippen LogP contribution in [0.3, 0.4) is 0 Å². The van der Waals surface area contributed by atoms with Gasteiger partial charge >= 0.3 is 6.18 Å². The number of hydrogen-bond donors (Lipinski definition) is 2. The molecule has 0 saturated carbocycles. The zero-order valence-electron chi connectivity index (χ0n) is 13.3. The summed E-state index contributed by atoms with van der Waals surface area (Å²) in [6.07, 6.45) is -3.86. The normalized spacial score (nSPS) is 11.5. The second-order valence-corrected chi connectivity index (χ2v) is 5.39. The van der Waals surface area contributed by atoms with Crippen LogP contribution in [0, 0.1) is 0 Å². The van der Waals surface area contributed by atoms with Crippen molar-refractivity contribution in [1.29, 1.82) is 0 Å². The summed E-state index contributed by atoms with van der Waals surface area (Å²) in [5, 5.41) is 15.6. The second kappa shape index (κ2) is 6.51. The molecule has 0 radical (unpaired) electrons. The molecule has 25 heavy (non-hydrogen) atoms. The van der Waals surface area contributed by atoms with Gasteiger partial charge in [-0.1, -0.05) is 31.2 Å². The molecule has 0 fully saturated rings. The minimum Gasteiger partial charge on any atom is -0.507 e. The molecule has 0 saturated heterocycles. The van der Waals surface area contributed by atoms with Gasteiger partial charge in [0.05, 0.1) is 0 Å². The van der Waals surface area contributed by atoms with Crippen LogP contribution in [0.1, 0.15) is 18.2 Å². The topological polar surface area (TPSA) is 58.1 Å². The van der Waals surface area contributed by atoms with E-state index < -0.39 is 17.6 Å². The average Bonchev–Trinajstić information content (AvgIpc) is 2.99. The van der Waals surface area contributed by atoms with E-state index in [-0.39, 0.29) is 22.8 Å². The number of rotatable bonds is 4. The van der Waals surface area contributed by atoms with E-state index in [0.717, 1.165) is 12.0 Å². The highest BCUT2D eigenvalue weighted by atomic mass is 19.4. The highest BCUT2D eigenvalue weighted by Gasteiger charge is 2.39. The molecule has 130 valence electrons. The number of nitrogens with one attached hydrogen (secondary N) is 1. The zero-order valence-corrected chi connectivity index (χ0v) is 13.3. The Morgan fingerprint density at radius 3 is 2.36 bits per heavy atom. The number of benzene rings is 2. The number of phenols is 1. The average molecular weight is 348 g/mol. The van der Waals surface area contributed by atoms with Gasteiger partial charge in [-0.2, -0.15) is 18.3 Å². The molecule has 2 N–H and O–H groups in total. The van der Waals surface area contributed by atoms with Crippen LogP contribution in [0.4, 0.5) is 13.2 Å². The van der Waals surface area contributed by atoms with Crippen LogP contribution in [0.5, 0.6) is 17.2 Å². The summed E-state index contributed by atoms with van der Waals surface area (Å²) in [4.78, 5) is 0. The summed E-state index contributed by atoms with van der Waals surface area (Å²) >= 11 is 0. The van der Waals surface area contributed by atoms with Gasteiger partial charge in [0, 0.05) is 5.56 Å². The molecule has 0 aliphatic carbocycles. The molecule has 2 aromatic carbocycles. The van der Waals surface area contributed by atoms with Crippen molar-refractivity contribution in [3.05, 3.63) is 59.8 Å². The van der Waals surface area contributed by atoms with E-state index in [9.17, 15) is 18.3 Å². The Morgan fingerprint density at radius 1 is 1.08 bits per heavy atom. The van der Waals surface area contributed by atoms with E-state index in [1.165, 1.54) is 12.1 Å². The summed E-state index contributed by atoms with van der Waals surface area (Å²) in [5.41, 5.74) is -0.0266. The molecule has 4 nitrogen and oxygen atoms in total. The van der Waals surface area contributed by atoms with Crippen LogP contribution in [-0.2, 0) is 12.6 Å². The number of ether oxygens (including phenoxy) is 1. The lowest BCUT2D eigenvalue weighted by atomic mass is 10.1. The molecule has 3 aromatic rings. The molecule has 1 heterocycles. The van der Waals surface area contributed by atoms with Crippen molar-refractivity contribution in [2.24, 2.45) is 0 Å². The van der Waals surface area contributed by atoms with Crippen LogP contribution < -0.4 is 4.74 Å². The van der Waals surface area contributed by atoms with Gasteiger partial charge in [-0.05, 0) is 36.2 Å². The molecule has 0 unspecified atom stereocenters. The highest BCUT2D eigenvalue weighted by Crippen LogP contribution is 2.44. The molecule has 0 aliphatic heterocycles. The number of H-pyrrole nitrogens is 1. The Balaban J connectivity index is 2.08. The molecule has 7 heteroatoms. The van der Waals surface area contributed by atoms with Gasteiger partial charge in [0.15, 0.2) is 11.4 Å². The third-order valence-corrected chi connectivity index (χ3v) is 3.72. The lowest BCUT2D eigenvalue weighted by Gasteiger charge is -2.11. The summed E-state index contributed by atoms with van der Waals surface area (Å²) < 4.78 is 45.3. The van der Waals surface area contributed by atoms with Gasteiger partial charge in [0.2, 0.25) is 0 Å². The van der Waals surface area contributed by atoms with Crippen LogP contribution in [0.15, 0.2) is 48.5 Å². The van der Waals surface area contributed by atoms with Gasteiger partial charge < -0.3 is 9.84 Å². The standard InChI is InChI=1S/C18H15F3N2O2/c1-2-11-7-9-12(10-8-11)25-16-15(13-5-3-4-6-14(13)24)22-23-17(16)18(19,20)21/h3-10,24H,2H2,1H3,(H,22,23). The van der Waals surface area contributed by atoms with Gasteiger partial charge in [-0.3, -0.25) is 5.10 Å². The summed E-state index contributed by atoms with van der Waals surface area (Å²) in [6, 6.07) is 12.8. The molecule has 0 spiro atoms. The molecule has 0 atom stereocenters. The Hall–Kier alpha value is -2.96. The summed E-state index contributed by atoms with van der Waals surface area (Å²) in [7, 11) is 0. The number of para-hydroxylation sites is 1. The van der Waals surface area contributed by atoms with E-state index in [0.29, 0.717) is 0 Å². The molecular weight excluding hydrogens is 333 g/mol. The first-order valence-electron chi connectivity index (χ1n) is 7.61. The fourth-order valence-electron chi connectivity index (χ4n) is 2.39. The van der Waals surface area contributed by atoms with E-state index in [1.54, 1.807) is 36.4 Å². The first-order valence-corrected chi connectivity index (χ1v) is 7.61. The van der Waals surface area contributed by atoms with Crippen LogP contribution in [-0.4, -0.2) is 15.3 Å². The van der Waals surface area contributed by atoms with Gasteiger partial charge in [-0.15, -0.1) is 0 Å². The maximum atomic E-state index is 13.3. The number of nitrogens with zero attached hydrogens (tertiary/aromatic N) is 1. The summed E-state index contributed by atoms with van der Waals surface area (Å²) in [6.45, 7) is 1.98. The summed E-state index contributed by atoms with van der Waals surface area (Å²) in [5.74, 6) is -0.409. The molecule has 0 aliphatic rings. The van der Waals surface area contributed by atoms with Crippen molar-refractivity contribution in [1.82, 2.24) is 10.2 Å². The Labute approximate surface area is 141 Å². The number of halogens is 3. The van der Waals surface area contributed by atoms with E-state index in [2.05, 4.69) is 5.10 Å². The van der Waals surface area contributed by atoms with Crippen molar-refractivity contribution in [2.45, 2.75) is 19.5 Å². The second-order valence-electron chi connectivity index (χ2n) is 5.39. The number of phenolic OH excluding ortho intramolecular Hbond substituents is 1. The third kappa shape index (κ3) is 3.45. The SMILES string of the molecule is CCc1ccc(Oc2c(-c3ccccc3O)n[nH]c2C(F)(F)F)cc1. The first kappa shape index (κ1) is 16.9. The van der Waals surface area contributed by atoms with Crippen molar-refractivity contribution in [3.8, 4) is 28.5 Å². The fourth-order valence-corrected chi connectivity index (χ4v) is 2.39. The molecule has 1 aromatic heterocycles. The Bertz CT molecular complexity index is 871. The molecule has 0 bridgehead atoms. The van der Waals surface area contributed by atoms with Crippen molar-refractivity contribution in [2.75, 3.05) is 0 Å². The zero-order chi connectivity index (χ0) is 18.0. The number of aromatic amines is 1. The minimum atomic E-state index is -4.67. The van der Waals surface area contributed by atoms with E-state index >= 15 is 0 Å². The van der Waals surface area contributed by atoms with E-state index in [4.69, 9.17) is 4.74 Å². The van der Waals surface area contributed by atoms with E-state index in [1.807, 2.05) is 12.0 Å². The lowest BCUT2D eigenvalue weighted by Crippen LogP contribution is -2.07. The molecular formula is C18H15F3N2O2. The van der Waals surface area contributed by atoms with Gasteiger partial charge in [0.25, 0.3) is 0 Å². The van der Waals surface area contributed by atoms with Crippen LogP contribution in [0.2, 0.25) is 0 Å². The van der Waals surface area contributed by atoms with Crippen LogP contribution in [0.25, 0.3) is 11.3 Å². The van der Waals surface area contributed by atoms with Crippen molar-refractivity contribution in [3.63, 3.8) is 0 Å². The largest absolute Gasteiger partial charge is 0.507 e. The van der Waals surface area contributed by atoms with Crippen molar-refractivity contribution < 1.29 is 23.0 Å². The molecule has 3 rings (SSSR count). The number of aromatic nitrogens is 2. The minimum absolute atomic E-state index is 0.106. The number of alkyl halides is 3. The van der Waals surface area contributed by atoms with Crippen molar-refractivity contribution >= 4 is 0 Å². The number of aryl methyl sites for hydroxylation is 1. The van der Waals surface area contributed by atoms with Crippen LogP contribution >= 0.6 is 0 Å². The quantitative estimate of drug-likeness (QED) is 0.685. The Kier molecular flexibility index (Phi) is 4.39. The third-order valence-electron chi connectivity index (χ3n) is 3.72. The lowest BCUT2D eigenvalue weighted by molar-refractivity contribution is -0.142. The maximum absolute atomic E-state index is 13.3. The number of aromatic hydroxyl groups is 1. The van der Waals surface area contributed by atoms with Gasteiger partial charge in [-0.25, -0.2) is 0 Å². The highest BCUT2D eigenvalue weighted by molar-refractivity contribution is 5.73. The van der Waals surface area contributed by atoms with Gasteiger partial charge in [0.1, 0.15) is 17.2 Å². The maximum Gasteiger partial charge on any atom is 0.436 e. The molecule has 0 amide bonds. The fraction of sp³-hybridized carbons (Fsp3) is 0.167.